The van der Waals surface area contributed by atoms with Crippen LogP contribution < -0.4 is 5.32 Å². The fourth-order valence-corrected chi connectivity index (χ4v) is 3.37. The van der Waals surface area contributed by atoms with E-state index < -0.39 is 4.75 Å². The third kappa shape index (κ3) is 3.67. The predicted octanol–water partition coefficient (Wildman–Crippen LogP) is 2.50. The van der Waals surface area contributed by atoms with Crippen LogP contribution >= 0.6 is 11.8 Å². The number of nitrogens with one attached hydrogen (secondary N) is 1. The Balaban J connectivity index is 1.78. The van der Waals surface area contributed by atoms with Crippen LogP contribution in [0.15, 0.2) is 48.8 Å². The lowest BCUT2D eigenvalue weighted by Gasteiger charge is -2.14. The second kappa shape index (κ2) is 7.52. The molecule has 9 heteroatoms. The van der Waals surface area contributed by atoms with Crippen molar-refractivity contribution in [3.05, 3.63) is 49.5 Å². The summed E-state index contributed by atoms with van der Waals surface area (Å²) >= 11 is 1.24. The number of pyridine rings is 1. The van der Waals surface area contributed by atoms with Gasteiger partial charge in [0.25, 0.3) is 0 Å². The standard InChI is InChI=1S/C17H17N5O3S/c1-3-25-10-12(2)14-20-21-16(22(14)11-23)26-17(6-7-17)15(24)19-13-5-4-8-18-9-13/h3-5,8-11H,1,6-7H2,2H3,(H,19,24)/b12-10+. The third-order valence-corrected chi connectivity index (χ3v) is 5.23. The topological polar surface area (TPSA) is 99.0 Å². The fraction of sp³-hybridized carbons (Fsp3) is 0.235. The molecule has 1 aliphatic carbocycles. The molecule has 1 aliphatic rings. The Morgan fingerprint density at radius 3 is 2.88 bits per heavy atom. The van der Waals surface area contributed by atoms with E-state index in [1.165, 1.54) is 28.9 Å². The molecule has 1 saturated carbocycles. The maximum Gasteiger partial charge on any atom is 0.241 e. The zero-order valence-corrected chi connectivity index (χ0v) is 14.9. The number of nitrogens with zero attached hydrogens (tertiary/aromatic N) is 4. The third-order valence-electron chi connectivity index (χ3n) is 3.79. The highest BCUT2D eigenvalue weighted by Gasteiger charge is 2.52. The van der Waals surface area contributed by atoms with Crippen molar-refractivity contribution in [1.82, 2.24) is 19.7 Å². The first kappa shape index (κ1) is 17.9. The molecule has 1 amide bonds. The number of thioether (sulfide) groups is 1. The Morgan fingerprint density at radius 2 is 2.27 bits per heavy atom. The summed E-state index contributed by atoms with van der Waals surface area (Å²) in [7, 11) is 0. The number of amides is 1. The molecule has 134 valence electrons. The maximum absolute atomic E-state index is 12.6. The van der Waals surface area contributed by atoms with Crippen molar-refractivity contribution in [3.8, 4) is 0 Å². The summed E-state index contributed by atoms with van der Waals surface area (Å²) in [6.07, 6.45) is 7.92. The number of ether oxygens (including phenoxy) is 1. The predicted molar refractivity (Wildman–Crippen MR) is 97.8 cm³/mol. The van der Waals surface area contributed by atoms with Crippen LogP contribution in [0.3, 0.4) is 0 Å². The van der Waals surface area contributed by atoms with Crippen LogP contribution in [0.1, 0.15) is 25.6 Å². The highest BCUT2D eigenvalue weighted by molar-refractivity contribution is 8.01. The van der Waals surface area contributed by atoms with Crippen molar-refractivity contribution in [2.24, 2.45) is 0 Å². The van der Waals surface area contributed by atoms with E-state index in [4.69, 9.17) is 4.74 Å². The normalized spacial score (nSPS) is 15.2. The van der Waals surface area contributed by atoms with Crippen LogP contribution in [0.4, 0.5) is 5.69 Å². The quantitative estimate of drug-likeness (QED) is 0.562. The molecule has 3 rings (SSSR count). The van der Waals surface area contributed by atoms with E-state index in [1.807, 2.05) is 0 Å². The van der Waals surface area contributed by atoms with Crippen molar-refractivity contribution in [3.63, 3.8) is 0 Å². The highest BCUT2D eigenvalue weighted by Crippen LogP contribution is 2.52. The summed E-state index contributed by atoms with van der Waals surface area (Å²) in [5.41, 5.74) is 1.24. The summed E-state index contributed by atoms with van der Waals surface area (Å²) in [4.78, 5) is 28.1. The summed E-state index contributed by atoms with van der Waals surface area (Å²) in [5, 5.41) is 11.3. The summed E-state index contributed by atoms with van der Waals surface area (Å²) < 4.78 is 5.65. The molecule has 1 fully saturated rings. The molecule has 0 radical (unpaired) electrons. The smallest absolute Gasteiger partial charge is 0.241 e. The molecule has 8 nitrogen and oxygen atoms in total. The van der Waals surface area contributed by atoms with Gasteiger partial charge in [-0.3, -0.25) is 14.6 Å². The molecule has 2 aromatic rings. The summed E-state index contributed by atoms with van der Waals surface area (Å²) in [5.74, 6) is 0.215. The monoisotopic (exact) mass is 371 g/mol. The average Bonchev–Trinajstić information content (AvgIpc) is 3.33. The molecular weight excluding hydrogens is 354 g/mol. The van der Waals surface area contributed by atoms with Crippen LogP contribution in [-0.2, 0) is 14.3 Å². The zero-order chi connectivity index (χ0) is 18.6. The number of rotatable bonds is 8. The van der Waals surface area contributed by atoms with Crippen LogP contribution in [0, 0.1) is 0 Å². The van der Waals surface area contributed by atoms with Gasteiger partial charge in [-0.1, -0.05) is 18.3 Å². The summed E-state index contributed by atoms with van der Waals surface area (Å²) in [6.45, 7) is 5.19. The van der Waals surface area contributed by atoms with Crippen molar-refractivity contribution < 1.29 is 14.3 Å². The van der Waals surface area contributed by atoms with E-state index in [0.29, 0.717) is 41.5 Å². The van der Waals surface area contributed by atoms with Gasteiger partial charge in [-0.15, -0.1) is 10.2 Å². The van der Waals surface area contributed by atoms with Gasteiger partial charge in [0.2, 0.25) is 12.3 Å². The SMILES string of the molecule is C=CO/C=C(\C)c1nnc(SC2(C(=O)Nc3cccnc3)CC2)n1C=O. The van der Waals surface area contributed by atoms with E-state index in [-0.39, 0.29) is 5.91 Å². The second-order valence-corrected chi connectivity index (χ2v) is 7.03. The van der Waals surface area contributed by atoms with E-state index in [1.54, 1.807) is 31.5 Å². The van der Waals surface area contributed by atoms with E-state index in [9.17, 15) is 9.59 Å². The van der Waals surface area contributed by atoms with Gasteiger partial charge in [0.15, 0.2) is 11.0 Å². The molecule has 0 aromatic carbocycles. The number of carbonyl (C=O) groups is 2. The van der Waals surface area contributed by atoms with E-state index >= 15 is 0 Å². The number of anilines is 1. The number of aromatic nitrogens is 4. The number of carbonyl (C=O) groups excluding carboxylic acids is 2. The van der Waals surface area contributed by atoms with Gasteiger partial charge < -0.3 is 10.1 Å². The molecule has 1 N–H and O–H groups in total. The Bertz CT molecular complexity index is 859. The van der Waals surface area contributed by atoms with Crippen molar-refractivity contribution in [1.29, 1.82) is 0 Å². The van der Waals surface area contributed by atoms with Gasteiger partial charge in [-0.25, -0.2) is 4.57 Å². The van der Waals surface area contributed by atoms with Crippen LogP contribution in [0.5, 0.6) is 0 Å². The van der Waals surface area contributed by atoms with Gasteiger partial charge >= 0.3 is 0 Å². The molecule has 0 bridgehead atoms. The zero-order valence-electron chi connectivity index (χ0n) is 14.1. The van der Waals surface area contributed by atoms with Gasteiger partial charge in [0.05, 0.1) is 24.4 Å². The fourth-order valence-electron chi connectivity index (χ4n) is 2.26. The Labute approximate surface area is 154 Å². The van der Waals surface area contributed by atoms with Crippen LogP contribution in [0.2, 0.25) is 0 Å². The molecule has 2 heterocycles. The molecule has 0 aliphatic heterocycles. The van der Waals surface area contributed by atoms with Crippen molar-refractivity contribution in [2.75, 3.05) is 5.32 Å². The largest absolute Gasteiger partial charge is 0.473 e. The lowest BCUT2D eigenvalue weighted by molar-refractivity contribution is -0.116. The van der Waals surface area contributed by atoms with Gasteiger partial charge in [0.1, 0.15) is 4.75 Å². The first-order chi connectivity index (χ1) is 12.6. The number of hydrogen-bond acceptors (Lipinski definition) is 7. The van der Waals surface area contributed by atoms with Gasteiger partial charge in [0, 0.05) is 11.8 Å². The minimum absolute atomic E-state index is 0.139. The first-order valence-electron chi connectivity index (χ1n) is 7.84. The Morgan fingerprint density at radius 1 is 1.46 bits per heavy atom. The van der Waals surface area contributed by atoms with Crippen molar-refractivity contribution >= 4 is 35.3 Å². The second-order valence-electron chi connectivity index (χ2n) is 5.68. The van der Waals surface area contributed by atoms with E-state index in [2.05, 4.69) is 27.1 Å². The minimum Gasteiger partial charge on any atom is -0.473 e. The molecule has 0 saturated heterocycles. The number of allylic oxidation sites excluding steroid dienone is 1. The first-order valence-corrected chi connectivity index (χ1v) is 8.65. The van der Waals surface area contributed by atoms with Gasteiger partial charge in [-0.2, -0.15) is 0 Å². The number of hydrogen-bond donors (Lipinski definition) is 1. The molecule has 0 atom stereocenters. The van der Waals surface area contributed by atoms with E-state index in [0.717, 1.165) is 0 Å². The van der Waals surface area contributed by atoms with Crippen molar-refractivity contribution in [2.45, 2.75) is 29.7 Å². The lowest BCUT2D eigenvalue weighted by Crippen LogP contribution is -2.27. The van der Waals surface area contributed by atoms with Crippen LogP contribution in [0.25, 0.3) is 5.57 Å². The van der Waals surface area contributed by atoms with Crippen LogP contribution in [-0.4, -0.2) is 36.8 Å². The maximum atomic E-state index is 12.6. The summed E-state index contributed by atoms with van der Waals surface area (Å²) in [6, 6.07) is 3.52. The molecule has 0 spiro atoms. The molecule has 2 aromatic heterocycles. The minimum atomic E-state index is -0.657. The Hall–Kier alpha value is -2.94. The Kier molecular flexibility index (Phi) is 5.17. The highest BCUT2D eigenvalue weighted by atomic mass is 32.2. The molecular formula is C17H17N5O3S. The van der Waals surface area contributed by atoms with Gasteiger partial charge in [-0.05, 0) is 31.9 Å². The molecule has 26 heavy (non-hydrogen) atoms. The molecule has 0 unspecified atom stereocenters. The average molecular weight is 371 g/mol. The lowest BCUT2D eigenvalue weighted by atomic mass is 10.3.